The van der Waals surface area contributed by atoms with E-state index in [0.717, 1.165) is 6.07 Å². The number of anilines is 1. The van der Waals surface area contributed by atoms with E-state index in [-0.39, 0.29) is 16.1 Å². The number of nitrogens with one attached hydrogen (secondary N) is 2. The molecule has 5 nitrogen and oxygen atoms in total. The second-order valence-electron chi connectivity index (χ2n) is 5.67. The zero-order valence-corrected chi connectivity index (χ0v) is 14.8. The summed E-state index contributed by atoms with van der Waals surface area (Å²) in [5.41, 5.74) is -0.917. The molecule has 2 rings (SSSR count). The predicted molar refractivity (Wildman–Crippen MR) is 91.0 cm³/mol. The van der Waals surface area contributed by atoms with Gasteiger partial charge in [0, 0.05) is 5.69 Å². The van der Waals surface area contributed by atoms with Crippen LogP contribution in [0.2, 0.25) is 0 Å². The van der Waals surface area contributed by atoms with E-state index in [0.29, 0.717) is 0 Å². The summed E-state index contributed by atoms with van der Waals surface area (Å²) in [6.07, 6.45) is -4.55. The quantitative estimate of drug-likeness (QED) is 0.828. The minimum Gasteiger partial charge on any atom is -0.325 e. The molecule has 0 saturated carbocycles. The lowest BCUT2D eigenvalue weighted by molar-refractivity contribution is -0.138. The maximum Gasteiger partial charge on any atom is 0.416 e. The smallest absolute Gasteiger partial charge is 0.325 e. The summed E-state index contributed by atoms with van der Waals surface area (Å²) in [6.45, 7) is 2.61. The number of halogens is 3. The Labute approximate surface area is 149 Å². The van der Waals surface area contributed by atoms with Gasteiger partial charge < -0.3 is 5.32 Å². The van der Waals surface area contributed by atoms with Crippen molar-refractivity contribution >= 4 is 21.6 Å². The summed E-state index contributed by atoms with van der Waals surface area (Å²) in [7, 11) is -3.93. The van der Waals surface area contributed by atoms with Crippen LogP contribution < -0.4 is 10.0 Å². The monoisotopic (exact) mass is 386 g/mol. The van der Waals surface area contributed by atoms with Crippen LogP contribution >= 0.6 is 0 Å². The standard InChI is InChI=1S/C17H17F3N2O3S/c1-11-8-9-13(10-15(11)17(18,19)20)21-16(23)12(2)22-26(24,25)14-6-4-3-5-7-14/h3-10,12,22H,1-2H3,(H,21,23)/t12-/m0/s1. The molecule has 26 heavy (non-hydrogen) atoms. The highest BCUT2D eigenvalue weighted by Gasteiger charge is 2.32. The van der Waals surface area contributed by atoms with Gasteiger partial charge in [0.05, 0.1) is 16.5 Å². The summed E-state index contributed by atoms with van der Waals surface area (Å²) < 4.78 is 65.4. The van der Waals surface area contributed by atoms with Crippen molar-refractivity contribution in [2.45, 2.75) is 31.0 Å². The third-order valence-corrected chi connectivity index (χ3v) is 5.15. The van der Waals surface area contributed by atoms with Crippen LogP contribution in [0.5, 0.6) is 0 Å². The number of rotatable bonds is 5. The highest BCUT2D eigenvalue weighted by molar-refractivity contribution is 7.89. The average molecular weight is 386 g/mol. The molecule has 0 spiro atoms. The van der Waals surface area contributed by atoms with Gasteiger partial charge in [0.1, 0.15) is 0 Å². The first-order chi connectivity index (χ1) is 12.0. The SMILES string of the molecule is Cc1ccc(NC(=O)[C@H](C)NS(=O)(=O)c2ccccc2)cc1C(F)(F)F. The summed E-state index contributed by atoms with van der Waals surface area (Å²) in [4.78, 5) is 12.1. The van der Waals surface area contributed by atoms with E-state index >= 15 is 0 Å². The van der Waals surface area contributed by atoms with Gasteiger partial charge in [-0.2, -0.15) is 17.9 Å². The lowest BCUT2D eigenvalue weighted by atomic mass is 10.1. The van der Waals surface area contributed by atoms with Gasteiger partial charge in [0.25, 0.3) is 0 Å². The zero-order chi connectivity index (χ0) is 19.5. The second-order valence-corrected chi connectivity index (χ2v) is 7.39. The molecular formula is C17H17F3N2O3S. The van der Waals surface area contributed by atoms with Crippen LogP contribution in [0, 0.1) is 6.92 Å². The molecule has 2 N–H and O–H groups in total. The van der Waals surface area contributed by atoms with Crippen molar-refractivity contribution in [2.24, 2.45) is 0 Å². The van der Waals surface area contributed by atoms with Crippen molar-refractivity contribution in [1.82, 2.24) is 4.72 Å². The van der Waals surface area contributed by atoms with Gasteiger partial charge in [0.2, 0.25) is 15.9 Å². The van der Waals surface area contributed by atoms with Gasteiger partial charge in [-0.3, -0.25) is 4.79 Å². The molecule has 2 aromatic carbocycles. The Bertz CT molecular complexity index is 897. The molecule has 0 aromatic heterocycles. The molecule has 1 amide bonds. The fourth-order valence-corrected chi connectivity index (χ4v) is 3.43. The first kappa shape index (κ1) is 19.9. The molecule has 0 aliphatic rings. The number of carbonyl (C=O) groups is 1. The van der Waals surface area contributed by atoms with E-state index in [1.54, 1.807) is 6.07 Å². The van der Waals surface area contributed by atoms with Crippen molar-refractivity contribution < 1.29 is 26.4 Å². The molecule has 2 aromatic rings. The maximum atomic E-state index is 12.9. The number of carbonyl (C=O) groups excluding carboxylic acids is 1. The molecule has 140 valence electrons. The van der Waals surface area contributed by atoms with Gasteiger partial charge in [-0.25, -0.2) is 8.42 Å². The number of sulfonamides is 1. The average Bonchev–Trinajstić information content (AvgIpc) is 2.56. The second kappa shape index (κ2) is 7.46. The third-order valence-electron chi connectivity index (χ3n) is 3.59. The molecule has 1 atom stereocenters. The molecule has 0 heterocycles. The van der Waals surface area contributed by atoms with E-state index in [9.17, 15) is 26.4 Å². The number of hydrogen-bond donors (Lipinski definition) is 2. The minimum absolute atomic E-state index is 0.0191. The minimum atomic E-state index is -4.55. The summed E-state index contributed by atoms with van der Waals surface area (Å²) in [5.74, 6) is -0.776. The van der Waals surface area contributed by atoms with Crippen LogP contribution in [0.15, 0.2) is 53.4 Å². The molecule has 9 heteroatoms. The highest BCUT2D eigenvalue weighted by Crippen LogP contribution is 2.33. The van der Waals surface area contributed by atoms with Gasteiger partial charge in [0.15, 0.2) is 0 Å². The van der Waals surface area contributed by atoms with Crippen LogP contribution in [-0.2, 0) is 21.0 Å². The molecule has 0 fully saturated rings. The van der Waals surface area contributed by atoms with Gasteiger partial charge in [-0.05, 0) is 43.7 Å². The molecule has 0 unspecified atom stereocenters. The summed E-state index contributed by atoms with van der Waals surface area (Å²) >= 11 is 0. The Morgan fingerprint density at radius 3 is 2.27 bits per heavy atom. The Kier molecular flexibility index (Phi) is 5.72. The fraction of sp³-hybridized carbons (Fsp3) is 0.235. The Morgan fingerprint density at radius 1 is 1.08 bits per heavy atom. The maximum absolute atomic E-state index is 12.9. The van der Waals surface area contributed by atoms with Crippen molar-refractivity contribution in [3.8, 4) is 0 Å². The lowest BCUT2D eigenvalue weighted by Gasteiger charge is -2.16. The van der Waals surface area contributed by atoms with E-state index in [4.69, 9.17) is 0 Å². The summed E-state index contributed by atoms with van der Waals surface area (Å²) in [6, 6.07) is 9.62. The molecule has 0 bridgehead atoms. The van der Waals surface area contributed by atoms with E-state index in [2.05, 4.69) is 10.0 Å². The van der Waals surface area contributed by atoms with Crippen LogP contribution in [0.3, 0.4) is 0 Å². The van der Waals surface area contributed by atoms with Gasteiger partial charge in [-0.15, -0.1) is 0 Å². The number of aryl methyl sites for hydroxylation is 1. The Balaban J connectivity index is 2.13. The number of benzene rings is 2. The molecular weight excluding hydrogens is 369 g/mol. The van der Waals surface area contributed by atoms with Crippen LogP contribution in [0.25, 0.3) is 0 Å². The fourth-order valence-electron chi connectivity index (χ4n) is 2.21. The topological polar surface area (TPSA) is 75.3 Å². The predicted octanol–water partition coefficient (Wildman–Crippen LogP) is 3.32. The Morgan fingerprint density at radius 2 is 1.69 bits per heavy atom. The molecule has 0 radical (unpaired) electrons. The zero-order valence-electron chi connectivity index (χ0n) is 14.0. The number of amides is 1. The van der Waals surface area contributed by atoms with Crippen LogP contribution in [0.4, 0.5) is 18.9 Å². The number of hydrogen-bond acceptors (Lipinski definition) is 3. The van der Waals surface area contributed by atoms with Crippen molar-refractivity contribution in [3.05, 3.63) is 59.7 Å². The van der Waals surface area contributed by atoms with Crippen LogP contribution in [-0.4, -0.2) is 20.4 Å². The Hall–Kier alpha value is -2.39. The van der Waals surface area contributed by atoms with Crippen molar-refractivity contribution in [3.63, 3.8) is 0 Å². The largest absolute Gasteiger partial charge is 0.416 e. The van der Waals surface area contributed by atoms with Gasteiger partial charge >= 0.3 is 6.18 Å². The van der Waals surface area contributed by atoms with Gasteiger partial charge in [-0.1, -0.05) is 24.3 Å². The third kappa shape index (κ3) is 4.83. The molecule has 0 aliphatic carbocycles. The first-order valence-electron chi connectivity index (χ1n) is 7.57. The highest BCUT2D eigenvalue weighted by atomic mass is 32.2. The molecule has 0 saturated heterocycles. The van der Waals surface area contributed by atoms with Crippen molar-refractivity contribution in [2.75, 3.05) is 5.32 Å². The summed E-state index contributed by atoms with van der Waals surface area (Å²) in [5, 5.41) is 2.29. The van der Waals surface area contributed by atoms with Crippen molar-refractivity contribution in [1.29, 1.82) is 0 Å². The van der Waals surface area contributed by atoms with E-state index in [1.807, 2.05) is 0 Å². The van der Waals surface area contributed by atoms with Crippen LogP contribution in [0.1, 0.15) is 18.1 Å². The number of alkyl halides is 3. The normalized spacial score (nSPS) is 13.3. The molecule has 0 aliphatic heterocycles. The first-order valence-corrected chi connectivity index (χ1v) is 9.05. The van der Waals surface area contributed by atoms with E-state index < -0.39 is 33.7 Å². The van der Waals surface area contributed by atoms with E-state index in [1.165, 1.54) is 50.2 Å². The lowest BCUT2D eigenvalue weighted by Crippen LogP contribution is -2.41.